The van der Waals surface area contributed by atoms with Crippen molar-refractivity contribution in [1.29, 1.82) is 0 Å². The van der Waals surface area contributed by atoms with E-state index in [1.807, 2.05) is 24.3 Å². The number of rotatable bonds is 5. The number of aryl methyl sites for hydroxylation is 1. The Morgan fingerprint density at radius 1 is 1.35 bits per heavy atom. The lowest BCUT2D eigenvalue weighted by atomic mass is 10.1. The van der Waals surface area contributed by atoms with Gasteiger partial charge in [0.05, 0.1) is 5.75 Å². The van der Waals surface area contributed by atoms with Crippen molar-refractivity contribution in [3.05, 3.63) is 63.4 Å². The van der Waals surface area contributed by atoms with Crippen LogP contribution < -0.4 is 10.2 Å². The first-order chi connectivity index (χ1) is 11.0. The van der Waals surface area contributed by atoms with Gasteiger partial charge in [-0.3, -0.25) is 4.21 Å². The maximum absolute atomic E-state index is 12.2. The molecular weight excluding hydrogens is 336 g/mol. The van der Waals surface area contributed by atoms with Gasteiger partial charge < -0.3 is 0 Å². The molecule has 120 valence electrons. The number of aromatic amines is 1. The van der Waals surface area contributed by atoms with Gasteiger partial charge in [0.2, 0.25) is 0 Å². The fourth-order valence-electron chi connectivity index (χ4n) is 2.44. The summed E-state index contributed by atoms with van der Waals surface area (Å²) in [6.07, 6.45) is 3.97. The van der Waals surface area contributed by atoms with E-state index >= 15 is 0 Å². The van der Waals surface area contributed by atoms with E-state index in [4.69, 9.17) is 11.6 Å². The Balaban J connectivity index is 1.99. The predicted octanol–water partition coefficient (Wildman–Crippen LogP) is 0.933. The highest BCUT2D eigenvalue weighted by Crippen LogP contribution is 2.09. The molecule has 0 bridgehead atoms. The van der Waals surface area contributed by atoms with Gasteiger partial charge in [-0.05, 0) is 17.7 Å². The summed E-state index contributed by atoms with van der Waals surface area (Å²) in [4.78, 5) is 16.2. The standard InChI is InChI=1S/C15H15ClN4O2S/c1-23(22)8-7-19-14-4-2-3-12(20(14)18-15(19)21)9-11-5-6-13(16)17-10-11/h2-6,10H,7-9H2,1H3/p+1. The maximum Gasteiger partial charge on any atom is 0.444 e. The van der Waals surface area contributed by atoms with E-state index < -0.39 is 10.8 Å². The molecule has 0 aliphatic heterocycles. The molecule has 3 aromatic rings. The Kier molecular flexibility index (Phi) is 4.58. The van der Waals surface area contributed by atoms with Crippen molar-refractivity contribution in [2.24, 2.45) is 0 Å². The number of aromatic nitrogens is 4. The normalized spacial score (nSPS) is 12.6. The number of fused-ring (bicyclic) bond motifs is 1. The van der Waals surface area contributed by atoms with Crippen LogP contribution in [-0.4, -0.2) is 30.9 Å². The van der Waals surface area contributed by atoms with E-state index in [-0.39, 0.29) is 5.69 Å². The molecule has 6 nitrogen and oxygen atoms in total. The van der Waals surface area contributed by atoms with Crippen LogP contribution in [0, 0.1) is 0 Å². The summed E-state index contributed by atoms with van der Waals surface area (Å²) < 4.78 is 14.6. The van der Waals surface area contributed by atoms with Crippen molar-refractivity contribution in [2.45, 2.75) is 13.0 Å². The van der Waals surface area contributed by atoms with Crippen LogP contribution >= 0.6 is 11.6 Å². The average molecular weight is 352 g/mol. The Morgan fingerprint density at radius 2 is 2.17 bits per heavy atom. The first-order valence-corrected chi connectivity index (χ1v) is 9.18. The van der Waals surface area contributed by atoms with Gasteiger partial charge in [-0.15, -0.1) is 4.52 Å². The summed E-state index contributed by atoms with van der Waals surface area (Å²) >= 11 is 5.80. The van der Waals surface area contributed by atoms with Crippen LogP contribution in [0.15, 0.2) is 41.3 Å². The highest BCUT2D eigenvalue weighted by molar-refractivity contribution is 7.84. The Bertz CT molecular complexity index is 917. The lowest BCUT2D eigenvalue weighted by Crippen LogP contribution is -2.31. The molecule has 1 unspecified atom stereocenters. The van der Waals surface area contributed by atoms with Crippen LogP contribution in [0.5, 0.6) is 0 Å². The van der Waals surface area contributed by atoms with Crippen LogP contribution in [-0.2, 0) is 23.8 Å². The maximum atomic E-state index is 12.2. The SMILES string of the molecule is CS(=O)CCn1c(=O)[nH][n+]2c(Cc3ccc(Cl)nc3)cccc12. The van der Waals surface area contributed by atoms with E-state index in [0.29, 0.717) is 23.9 Å². The molecule has 0 spiro atoms. The lowest BCUT2D eigenvalue weighted by molar-refractivity contribution is -0.587. The number of halogens is 1. The van der Waals surface area contributed by atoms with Gasteiger partial charge in [-0.25, -0.2) is 9.78 Å². The predicted molar refractivity (Wildman–Crippen MR) is 89.2 cm³/mol. The molecular formula is C15H16ClN4O2S+. The van der Waals surface area contributed by atoms with Crippen LogP contribution in [0.4, 0.5) is 0 Å². The fraction of sp³-hybridized carbons (Fsp3) is 0.267. The van der Waals surface area contributed by atoms with E-state index in [0.717, 1.165) is 16.9 Å². The summed E-state index contributed by atoms with van der Waals surface area (Å²) in [5.74, 6) is 0.443. The fourth-order valence-corrected chi connectivity index (χ4v) is 2.99. The van der Waals surface area contributed by atoms with E-state index in [9.17, 15) is 9.00 Å². The summed E-state index contributed by atoms with van der Waals surface area (Å²) in [7, 11) is -0.944. The highest BCUT2D eigenvalue weighted by Gasteiger charge is 2.18. The topological polar surface area (TPSA) is 71.8 Å². The van der Waals surface area contributed by atoms with Crippen LogP contribution in [0.25, 0.3) is 5.65 Å². The zero-order valence-electron chi connectivity index (χ0n) is 12.5. The Morgan fingerprint density at radius 3 is 2.87 bits per heavy atom. The minimum atomic E-state index is -0.944. The van der Waals surface area contributed by atoms with Gasteiger partial charge in [0.15, 0.2) is 0 Å². The van der Waals surface area contributed by atoms with Gasteiger partial charge in [0.1, 0.15) is 17.4 Å². The summed E-state index contributed by atoms with van der Waals surface area (Å²) in [6, 6.07) is 9.36. The number of nitrogens with zero attached hydrogens (tertiary/aromatic N) is 3. The smallest absolute Gasteiger partial charge is 0.260 e. The van der Waals surface area contributed by atoms with Crippen molar-refractivity contribution in [3.63, 3.8) is 0 Å². The van der Waals surface area contributed by atoms with E-state index in [2.05, 4.69) is 10.1 Å². The Labute approximate surface area is 140 Å². The third-order valence-corrected chi connectivity index (χ3v) is 4.54. The number of H-pyrrole nitrogens is 1. The Hall–Kier alpha value is -1.99. The molecule has 0 radical (unpaired) electrons. The minimum Gasteiger partial charge on any atom is -0.260 e. The molecule has 0 amide bonds. The van der Waals surface area contributed by atoms with Gasteiger partial charge in [-0.2, -0.15) is 9.67 Å². The molecule has 0 saturated heterocycles. The summed E-state index contributed by atoms with van der Waals surface area (Å²) in [5, 5.41) is 3.28. The highest BCUT2D eigenvalue weighted by atomic mass is 35.5. The molecule has 3 aromatic heterocycles. The van der Waals surface area contributed by atoms with Gasteiger partial charge in [0.25, 0.3) is 0 Å². The molecule has 0 aliphatic carbocycles. The van der Waals surface area contributed by atoms with Crippen molar-refractivity contribution >= 4 is 28.0 Å². The summed E-state index contributed by atoms with van der Waals surface area (Å²) in [5.41, 5.74) is 2.47. The van der Waals surface area contributed by atoms with Crippen LogP contribution in [0.1, 0.15) is 11.3 Å². The zero-order chi connectivity index (χ0) is 16.4. The minimum absolute atomic E-state index is 0.211. The molecule has 1 N–H and O–H groups in total. The van der Waals surface area contributed by atoms with Crippen molar-refractivity contribution in [2.75, 3.05) is 12.0 Å². The van der Waals surface area contributed by atoms with Crippen LogP contribution in [0.2, 0.25) is 5.15 Å². The largest absolute Gasteiger partial charge is 0.444 e. The molecule has 3 rings (SSSR count). The first-order valence-electron chi connectivity index (χ1n) is 7.07. The van der Waals surface area contributed by atoms with Gasteiger partial charge >= 0.3 is 11.3 Å². The van der Waals surface area contributed by atoms with E-state index in [1.54, 1.807) is 27.6 Å². The van der Waals surface area contributed by atoms with Crippen molar-refractivity contribution in [1.82, 2.24) is 14.6 Å². The molecule has 1 atom stereocenters. The second-order valence-corrected chi connectivity index (χ2v) is 7.16. The summed E-state index contributed by atoms with van der Waals surface area (Å²) in [6.45, 7) is 0.418. The molecule has 0 saturated carbocycles. The molecule has 0 aliphatic rings. The zero-order valence-corrected chi connectivity index (χ0v) is 14.1. The molecule has 0 fully saturated rings. The second kappa shape index (κ2) is 6.64. The monoisotopic (exact) mass is 351 g/mol. The molecule has 3 heterocycles. The van der Waals surface area contributed by atoms with Crippen LogP contribution in [0.3, 0.4) is 0 Å². The number of hydrogen-bond acceptors (Lipinski definition) is 3. The van der Waals surface area contributed by atoms with Gasteiger partial charge in [0, 0.05) is 35.7 Å². The molecule has 23 heavy (non-hydrogen) atoms. The number of nitrogens with one attached hydrogen (secondary N) is 1. The number of hydrogen-bond donors (Lipinski definition) is 1. The first kappa shape index (κ1) is 15.9. The van der Waals surface area contributed by atoms with Gasteiger partial charge in [-0.1, -0.05) is 23.7 Å². The third kappa shape index (κ3) is 3.51. The number of pyridine rings is 2. The second-order valence-electron chi connectivity index (χ2n) is 5.22. The molecule has 8 heteroatoms. The lowest BCUT2D eigenvalue weighted by Gasteiger charge is -2.00. The van der Waals surface area contributed by atoms with Crippen molar-refractivity contribution in [3.8, 4) is 0 Å². The average Bonchev–Trinajstić information content (AvgIpc) is 2.84. The van der Waals surface area contributed by atoms with E-state index in [1.165, 1.54) is 0 Å². The quantitative estimate of drug-likeness (QED) is 0.549. The van der Waals surface area contributed by atoms with Crippen molar-refractivity contribution < 1.29 is 8.72 Å². The third-order valence-electron chi connectivity index (χ3n) is 3.56. The molecule has 0 aromatic carbocycles.